The third kappa shape index (κ3) is 4.13. The van der Waals surface area contributed by atoms with Gasteiger partial charge in [-0.15, -0.1) is 0 Å². The highest BCUT2D eigenvalue weighted by atomic mass is 32.2. The maximum Gasteiger partial charge on any atom is 0.226 e. The van der Waals surface area contributed by atoms with Crippen molar-refractivity contribution < 1.29 is 13.0 Å². The summed E-state index contributed by atoms with van der Waals surface area (Å²) >= 11 is 0. The summed E-state index contributed by atoms with van der Waals surface area (Å²) in [5.74, 6) is 0.923. The van der Waals surface area contributed by atoms with Crippen LogP contribution < -0.4 is 0 Å². The Kier molecular flexibility index (Phi) is 4.67. The van der Waals surface area contributed by atoms with E-state index in [-0.39, 0.29) is 5.82 Å². The van der Waals surface area contributed by atoms with Crippen molar-refractivity contribution in [2.45, 2.75) is 18.4 Å². The fourth-order valence-corrected chi connectivity index (χ4v) is 3.42. The summed E-state index contributed by atoms with van der Waals surface area (Å²) in [7, 11) is -1.06. The van der Waals surface area contributed by atoms with E-state index >= 15 is 0 Å². The molecule has 1 atom stereocenters. The summed E-state index contributed by atoms with van der Waals surface area (Å²) in [6, 6.07) is 13.9. The molecule has 118 valence electrons. The van der Waals surface area contributed by atoms with Gasteiger partial charge in [-0.1, -0.05) is 29.8 Å². The second kappa shape index (κ2) is 6.87. The van der Waals surface area contributed by atoms with Crippen LogP contribution in [0.3, 0.4) is 0 Å². The highest BCUT2D eigenvalue weighted by Crippen LogP contribution is 2.20. The lowest BCUT2D eigenvalue weighted by Crippen LogP contribution is -2.00. The van der Waals surface area contributed by atoms with Crippen molar-refractivity contribution in [3.8, 4) is 11.5 Å². The first kappa shape index (κ1) is 15.6. The molecule has 3 nitrogen and oxygen atoms in total. The van der Waals surface area contributed by atoms with E-state index in [1.807, 2.05) is 31.2 Å². The van der Waals surface area contributed by atoms with Crippen LogP contribution >= 0.6 is 0 Å². The zero-order valence-corrected chi connectivity index (χ0v) is 13.5. The van der Waals surface area contributed by atoms with Crippen LogP contribution in [-0.4, -0.2) is 9.19 Å². The molecule has 0 saturated heterocycles. The number of hydrogen-bond acceptors (Lipinski definition) is 3. The van der Waals surface area contributed by atoms with Gasteiger partial charge in [-0.2, -0.15) is 0 Å². The molecule has 0 saturated carbocycles. The number of hydrogen-bond donors (Lipinski definition) is 0. The van der Waals surface area contributed by atoms with Gasteiger partial charge in [0.2, 0.25) is 5.89 Å². The second-order valence-corrected chi connectivity index (χ2v) is 6.83. The number of oxazole rings is 1. The molecule has 0 aliphatic rings. The van der Waals surface area contributed by atoms with Crippen LogP contribution in [0.1, 0.15) is 16.8 Å². The molecule has 23 heavy (non-hydrogen) atoms. The van der Waals surface area contributed by atoms with Gasteiger partial charge in [0, 0.05) is 22.1 Å². The van der Waals surface area contributed by atoms with Crippen LogP contribution in [0.4, 0.5) is 4.39 Å². The third-order valence-corrected chi connectivity index (χ3v) is 4.63. The quantitative estimate of drug-likeness (QED) is 0.703. The van der Waals surface area contributed by atoms with Gasteiger partial charge in [0.25, 0.3) is 0 Å². The highest BCUT2D eigenvalue weighted by Gasteiger charge is 2.10. The molecule has 0 aliphatic carbocycles. The topological polar surface area (TPSA) is 43.1 Å². The van der Waals surface area contributed by atoms with Crippen LogP contribution in [0.2, 0.25) is 0 Å². The average Bonchev–Trinajstić information content (AvgIpc) is 2.96. The molecule has 0 fully saturated rings. The zero-order valence-electron chi connectivity index (χ0n) is 12.7. The predicted molar refractivity (Wildman–Crippen MR) is 88.6 cm³/mol. The lowest BCUT2D eigenvalue weighted by molar-refractivity contribution is 0.572. The molecule has 5 heteroatoms. The first-order valence-electron chi connectivity index (χ1n) is 7.21. The summed E-state index contributed by atoms with van der Waals surface area (Å²) in [6.07, 6.45) is 1.51. The lowest BCUT2D eigenvalue weighted by atomic mass is 10.2. The third-order valence-electron chi connectivity index (χ3n) is 3.36. The molecule has 0 unspecified atom stereocenters. The first-order valence-corrected chi connectivity index (χ1v) is 8.70. The SMILES string of the molecule is Cc1cccc(C[S@](=O)Cc2coc(-c3ccc(F)cc3)n2)c1. The van der Waals surface area contributed by atoms with E-state index < -0.39 is 10.8 Å². The molecule has 0 bridgehead atoms. The van der Waals surface area contributed by atoms with Crippen molar-refractivity contribution in [3.63, 3.8) is 0 Å². The minimum Gasteiger partial charge on any atom is -0.444 e. The second-order valence-electron chi connectivity index (χ2n) is 5.37. The maximum atomic E-state index is 12.9. The number of benzene rings is 2. The highest BCUT2D eigenvalue weighted by molar-refractivity contribution is 7.83. The van der Waals surface area contributed by atoms with Gasteiger partial charge in [-0.05, 0) is 36.8 Å². The van der Waals surface area contributed by atoms with Crippen LogP contribution in [0.15, 0.2) is 59.2 Å². The Hall–Kier alpha value is -2.27. The minimum absolute atomic E-state index is 0.306. The van der Waals surface area contributed by atoms with Gasteiger partial charge < -0.3 is 4.42 Å². The molecule has 0 aliphatic heterocycles. The molecule has 3 rings (SSSR count). The summed E-state index contributed by atoms with van der Waals surface area (Å²) in [6.45, 7) is 2.01. The van der Waals surface area contributed by atoms with E-state index in [0.29, 0.717) is 28.7 Å². The lowest BCUT2D eigenvalue weighted by Gasteiger charge is -2.02. The summed E-state index contributed by atoms with van der Waals surface area (Å²) in [5, 5.41) is 0. The van der Waals surface area contributed by atoms with Gasteiger partial charge in [0.05, 0.1) is 11.4 Å². The first-order chi connectivity index (χ1) is 11.1. The Bertz CT molecular complexity index is 827. The van der Waals surface area contributed by atoms with E-state index in [1.54, 1.807) is 12.1 Å². The zero-order chi connectivity index (χ0) is 16.2. The average molecular weight is 329 g/mol. The summed E-state index contributed by atoms with van der Waals surface area (Å²) < 4.78 is 30.6. The van der Waals surface area contributed by atoms with Gasteiger partial charge in [-0.25, -0.2) is 9.37 Å². The van der Waals surface area contributed by atoms with E-state index in [9.17, 15) is 8.60 Å². The minimum atomic E-state index is -1.06. The summed E-state index contributed by atoms with van der Waals surface area (Å²) in [5.41, 5.74) is 3.53. The van der Waals surface area contributed by atoms with Crippen molar-refractivity contribution in [1.29, 1.82) is 0 Å². The number of nitrogens with zero attached hydrogens (tertiary/aromatic N) is 1. The Morgan fingerprint density at radius 3 is 2.65 bits per heavy atom. The van der Waals surface area contributed by atoms with E-state index in [4.69, 9.17) is 4.42 Å². The number of rotatable bonds is 5. The van der Waals surface area contributed by atoms with Crippen molar-refractivity contribution in [1.82, 2.24) is 4.98 Å². The van der Waals surface area contributed by atoms with Gasteiger partial charge >= 0.3 is 0 Å². The molecule has 2 aromatic carbocycles. The Morgan fingerprint density at radius 1 is 1.13 bits per heavy atom. The molecule has 1 heterocycles. The van der Waals surface area contributed by atoms with Crippen LogP contribution in [0.5, 0.6) is 0 Å². The molecule has 1 aromatic heterocycles. The Labute approximate surface area is 136 Å². The summed E-state index contributed by atoms with van der Waals surface area (Å²) in [4.78, 5) is 4.33. The normalized spacial score (nSPS) is 12.3. The van der Waals surface area contributed by atoms with Crippen LogP contribution in [0.25, 0.3) is 11.5 Å². The number of halogens is 1. The Morgan fingerprint density at radius 2 is 1.91 bits per heavy atom. The van der Waals surface area contributed by atoms with E-state index in [1.165, 1.54) is 18.4 Å². The monoisotopic (exact) mass is 329 g/mol. The van der Waals surface area contributed by atoms with Gasteiger partial charge in [0.15, 0.2) is 0 Å². The molecule has 3 aromatic rings. The van der Waals surface area contributed by atoms with Crippen molar-refractivity contribution in [2.75, 3.05) is 0 Å². The fraction of sp³-hybridized carbons (Fsp3) is 0.167. The van der Waals surface area contributed by atoms with Crippen molar-refractivity contribution >= 4 is 10.8 Å². The van der Waals surface area contributed by atoms with Crippen LogP contribution in [0, 0.1) is 12.7 Å². The van der Waals surface area contributed by atoms with E-state index in [2.05, 4.69) is 4.98 Å². The molecule has 0 N–H and O–H groups in total. The van der Waals surface area contributed by atoms with E-state index in [0.717, 1.165) is 11.1 Å². The predicted octanol–water partition coefficient (Wildman–Crippen LogP) is 4.24. The van der Waals surface area contributed by atoms with Gasteiger partial charge in [-0.3, -0.25) is 4.21 Å². The molecule has 0 spiro atoms. The largest absolute Gasteiger partial charge is 0.444 e. The Balaban J connectivity index is 1.66. The molecular weight excluding hydrogens is 313 g/mol. The molecular formula is C18H16FNO2S. The van der Waals surface area contributed by atoms with Crippen LogP contribution in [-0.2, 0) is 22.3 Å². The fourth-order valence-electron chi connectivity index (χ4n) is 2.30. The van der Waals surface area contributed by atoms with Gasteiger partial charge in [0.1, 0.15) is 12.1 Å². The number of aryl methyl sites for hydroxylation is 1. The van der Waals surface area contributed by atoms with Crippen molar-refractivity contribution in [3.05, 3.63) is 77.4 Å². The smallest absolute Gasteiger partial charge is 0.226 e. The maximum absolute atomic E-state index is 12.9. The van der Waals surface area contributed by atoms with Crippen molar-refractivity contribution in [2.24, 2.45) is 0 Å². The standard InChI is InChI=1S/C18H16FNO2S/c1-13-3-2-4-14(9-13)11-23(21)12-17-10-22-18(20-17)15-5-7-16(19)8-6-15/h2-10H,11-12H2,1H3/t23-/m0/s1. The molecule has 0 radical (unpaired) electrons. The number of aromatic nitrogens is 1. The molecule has 0 amide bonds.